The second-order valence-electron chi connectivity index (χ2n) is 15.0. The summed E-state index contributed by atoms with van der Waals surface area (Å²) in [6, 6.07) is 24.2. The average molecular weight is 687 g/mol. The molecular weight excluding hydrogens is 645 g/mol. The van der Waals surface area contributed by atoms with E-state index in [9.17, 15) is 0 Å². The van der Waals surface area contributed by atoms with Gasteiger partial charge >= 0.3 is 0 Å². The number of aryl methyl sites for hydroxylation is 2. The Hall–Kier alpha value is -6.16. The van der Waals surface area contributed by atoms with E-state index in [0.717, 1.165) is 90.4 Å². The third kappa shape index (κ3) is 7.18. The van der Waals surface area contributed by atoms with E-state index in [-0.39, 0.29) is 10.8 Å². The molecule has 2 N–H and O–H groups in total. The van der Waals surface area contributed by atoms with E-state index >= 15 is 0 Å². The van der Waals surface area contributed by atoms with Crippen LogP contribution in [0, 0.1) is 13.8 Å². The summed E-state index contributed by atoms with van der Waals surface area (Å²) in [5, 5.41) is 0. The van der Waals surface area contributed by atoms with Crippen LogP contribution in [0.25, 0.3) is 67.4 Å². The monoisotopic (exact) mass is 686 g/mol. The first-order chi connectivity index (χ1) is 24.8. The summed E-state index contributed by atoms with van der Waals surface area (Å²) in [5.41, 5.74) is 12.7. The smallest absolute Gasteiger partial charge is 0.112 e. The van der Waals surface area contributed by atoms with Crippen molar-refractivity contribution in [2.24, 2.45) is 0 Å². The van der Waals surface area contributed by atoms with Gasteiger partial charge < -0.3 is 9.97 Å². The second kappa shape index (κ2) is 13.5. The predicted molar refractivity (Wildman–Crippen MR) is 208 cm³/mol. The fraction of sp³-hybridized carbons (Fsp3) is 0.238. The number of nitrogens with zero attached hydrogens (tertiary/aromatic N) is 8. The Morgan fingerprint density at radius 3 is 1.19 bits per heavy atom. The van der Waals surface area contributed by atoms with Crippen LogP contribution in [0.3, 0.4) is 0 Å². The first kappa shape index (κ1) is 34.3. The molecule has 0 saturated heterocycles. The maximum absolute atomic E-state index is 4.92. The van der Waals surface area contributed by atoms with Crippen LogP contribution in [0.2, 0.25) is 0 Å². The molecule has 0 spiro atoms. The lowest BCUT2D eigenvalue weighted by atomic mass is 9.96. The van der Waals surface area contributed by atoms with Gasteiger partial charge in [-0.1, -0.05) is 65.8 Å². The van der Waals surface area contributed by atoms with Crippen LogP contribution < -0.4 is 0 Å². The van der Waals surface area contributed by atoms with Crippen molar-refractivity contribution in [2.45, 2.75) is 66.2 Å². The highest BCUT2D eigenvalue weighted by Gasteiger charge is 2.24. The molecule has 0 saturated carbocycles. The summed E-state index contributed by atoms with van der Waals surface area (Å²) in [6.45, 7) is 16.9. The molecule has 8 aromatic rings. The van der Waals surface area contributed by atoms with Crippen LogP contribution in [0.5, 0.6) is 0 Å². The first-order valence-corrected chi connectivity index (χ1v) is 17.3. The molecule has 10 heteroatoms. The first-order valence-electron chi connectivity index (χ1n) is 17.3. The Morgan fingerprint density at radius 2 is 0.827 bits per heavy atom. The van der Waals surface area contributed by atoms with Crippen LogP contribution in [0.4, 0.5) is 0 Å². The Kier molecular flexibility index (Phi) is 8.92. The number of fused-ring (bicyclic) bond motifs is 2. The molecule has 0 aliphatic heterocycles. The number of benzene rings is 2. The Labute approximate surface area is 303 Å². The summed E-state index contributed by atoms with van der Waals surface area (Å²) < 4.78 is 0. The predicted octanol–water partition coefficient (Wildman–Crippen LogP) is 9.38. The average Bonchev–Trinajstić information content (AvgIpc) is 3.79. The summed E-state index contributed by atoms with van der Waals surface area (Å²) in [6.07, 6.45) is 6.83. The largest absolute Gasteiger partial charge is 0.340 e. The Morgan fingerprint density at radius 1 is 0.442 bits per heavy atom. The van der Waals surface area contributed by atoms with Crippen molar-refractivity contribution < 1.29 is 0 Å². The third-order valence-corrected chi connectivity index (χ3v) is 8.60. The summed E-state index contributed by atoms with van der Waals surface area (Å²) in [4.78, 5) is 43.8. The van der Waals surface area contributed by atoms with Crippen molar-refractivity contribution in [3.8, 4) is 45.3 Å². The fourth-order valence-corrected chi connectivity index (χ4v) is 5.83. The number of aromatic nitrogens is 10. The number of rotatable bonds is 4. The number of hydrogen-bond donors (Lipinski definition) is 2. The molecule has 0 amide bonds. The van der Waals surface area contributed by atoms with Crippen LogP contribution in [0.15, 0.2) is 97.6 Å². The highest BCUT2D eigenvalue weighted by atomic mass is 15.0. The van der Waals surface area contributed by atoms with E-state index < -0.39 is 0 Å². The van der Waals surface area contributed by atoms with Gasteiger partial charge in [-0.3, -0.25) is 29.9 Å². The SMILES string of the molecule is Cc1cccc(-c2[nH]c(C(C)(C)C)nc2-c2ccc3nccnc3c2)n1.Cc1cccc(-c2[nH]c(C(C)(C)C)nc2-c2ccc3nccnc3c2)n1. The van der Waals surface area contributed by atoms with Crippen LogP contribution in [-0.2, 0) is 10.8 Å². The maximum Gasteiger partial charge on any atom is 0.112 e. The lowest BCUT2D eigenvalue weighted by molar-refractivity contribution is 0.553. The molecule has 0 aliphatic rings. The molecule has 0 fully saturated rings. The quantitative estimate of drug-likeness (QED) is 0.187. The van der Waals surface area contributed by atoms with E-state index in [0.29, 0.717) is 0 Å². The van der Waals surface area contributed by atoms with E-state index in [1.165, 1.54) is 0 Å². The van der Waals surface area contributed by atoms with Gasteiger partial charge in [0.15, 0.2) is 0 Å². The molecule has 260 valence electrons. The van der Waals surface area contributed by atoms with Gasteiger partial charge in [0.25, 0.3) is 0 Å². The van der Waals surface area contributed by atoms with Gasteiger partial charge in [0.05, 0.1) is 56.2 Å². The van der Waals surface area contributed by atoms with Crippen molar-refractivity contribution in [2.75, 3.05) is 0 Å². The molecule has 0 aliphatic carbocycles. The maximum atomic E-state index is 4.92. The van der Waals surface area contributed by atoms with Gasteiger partial charge in [-0.25, -0.2) is 9.97 Å². The zero-order valence-electron chi connectivity index (χ0n) is 30.8. The highest BCUT2D eigenvalue weighted by molar-refractivity contribution is 5.86. The van der Waals surface area contributed by atoms with Crippen molar-refractivity contribution in [1.82, 2.24) is 49.8 Å². The highest BCUT2D eigenvalue weighted by Crippen LogP contribution is 2.35. The molecule has 0 unspecified atom stereocenters. The molecule has 10 nitrogen and oxygen atoms in total. The number of imidazole rings is 2. The number of aromatic amines is 2. The lowest BCUT2D eigenvalue weighted by Crippen LogP contribution is -2.13. The standard InChI is InChI=1S/2C21H21N5/c2*1-13-6-5-7-16(24-13)19-18(25-20(26-19)21(2,3)4)14-8-9-15-17(12-14)23-11-10-22-15/h2*5-12H,1-4H3,(H,25,26). The molecule has 0 bridgehead atoms. The van der Waals surface area contributed by atoms with E-state index in [4.69, 9.17) is 9.97 Å². The summed E-state index contributed by atoms with van der Waals surface area (Å²) in [5.74, 6) is 1.87. The number of pyridine rings is 2. The van der Waals surface area contributed by atoms with Gasteiger partial charge in [-0.05, 0) is 62.4 Å². The molecular formula is C42H42N10. The van der Waals surface area contributed by atoms with Crippen LogP contribution in [0.1, 0.15) is 64.6 Å². The van der Waals surface area contributed by atoms with E-state index in [1.807, 2.05) is 86.6 Å². The van der Waals surface area contributed by atoms with Crippen molar-refractivity contribution in [3.05, 3.63) is 121 Å². The van der Waals surface area contributed by atoms with Gasteiger partial charge in [0.1, 0.15) is 11.6 Å². The number of hydrogen-bond acceptors (Lipinski definition) is 8. The summed E-state index contributed by atoms with van der Waals surface area (Å²) >= 11 is 0. The minimum Gasteiger partial charge on any atom is -0.340 e. The van der Waals surface area contributed by atoms with Gasteiger partial charge in [-0.2, -0.15) is 0 Å². The minimum absolute atomic E-state index is 0.0898. The normalized spacial score (nSPS) is 11.8. The molecule has 0 atom stereocenters. The lowest BCUT2D eigenvalue weighted by Gasteiger charge is -2.14. The third-order valence-electron chi connectivity index (χ3n) is 8.60. The van der Waals surface area contributed by atoms with Gasteiger partial charge in [0, 0.05) is 58.1 Å². The molecule has 6 aromatic heterocycles. The molecule has 6 heterocycles. The molecule has 8 rings (SSSR count). The number of H-pyrrole nitrogens is 2. The zero-order valence-corrected chi connectivity index (χ0v) is 30.8. The molecule has 2 aromatic carbocycles. The van der Waals surface area contributed by atoms with E-state index in [1.54, 1.807) is 24.8 Å². The van der Waals surface area contributed by atoms with Gasteiger partial charge in [-0.15, -0.1) is 0 Å². The molecule has 52 heavy (non-hydrogen) atoms. The van der Waals surface area contributed by atoms with Crippen LogP contribution in [-0.4, -0.2) is 49.8 Å². The topological polar surface area (TPSA) is 135 Å². The van der Waals surface area contributed by atoms with Crippen LogP contribution >= 0.6 is 0 Å². The Balaban J connectivity index is 0.000000162. The Bertz CT molecular complexity index is 2350. The van der Waals surface area contributed by atoms with Gasteiger partial charge in [0.2, 0.25) is 0 Å². The second-order valence-corrected chi connectivity index (χ2v) is 15.0. The summed E-state index contributed by atoms with van der Waals surface area (Å²) in [7, 11) is 0. The van der Waals surface area contributed by atoms with Crippen molar-refractivity contribution in [1.29, 1.82) is 0 Å². The zero-order chi connectivity index (χ0) is 36.6. The van der Waals surface area contributed by atoms with Crippen molar-refractivity contribution >= 4 is 22.1 Å². The molecule has 0 radical (unpaired) electrons. The fourth-order valence-electron chi connectivity index (χ4n) is 5.83. The van der Waals surface area contributed by atoms with Crippen molar-refractivity contribution in [3.63, 3.8) is 0 Å². The van der Waals surface area contributed by atoms with E-state index in [2.05, 4.69) is 81.4 Å². The minimum atomic E-state index is -0.0898. The number of nitrogens with one attached hydrogen (secondary N) is 2.